The van der Waals surface area contributed by atoms with Gasteiger partial charge in [0.2, 0.25) is 11.8 Å². The molecule has 0 unspecified atom stereocenters. The number of hydrogen-bond acceptors (Lipinski definition) is 5. The number of rotatable bonds is 8. The fourth-order valence-corrected chi connectivity index (χ4v) is 3.11. The van der Waals surface area contributed by atoms with Crippen molar-refractivity contribution >= 4 is 17.8 Å². The van der Waals surface area contributed by atoms with Crippen molar-refractivity contribution in [2.24, 2.45) is 0 Å². The number of nitrogens with zero attached hydrogens (tertiary/aromatic N) is 1. The first-order chi connectivity index (χ1) is 12.9. The van der Waals surface area contributed by atoms with Crippen LogP contribution >= 0.6 is 0 Å². The van der Waals surface area contributed by atoms with Crippen molar-refractivity contribution in [2.45, 2.75) is 38.8 Å². The molecule has 0 bridgehead atoms. The molecular formula is C19H26N2O6. The lowest BCUT2D eigenvalue weighted by atomic mass is 10.0. The quantitative estimate of drug-likeness (QED) is 0.708. The second-order valence-electron chi connectivity index (χ2n) is 6.36. The van der Waals surface area contributed by atoms with Gasteiger partial charge in [-0.15, -0.1) is 0 Å². The summed E-state index contributed by atoms with van der Waals surface area (Å²) in [5.74, 6) is -0.753. The average Bonchev–Trinajstić information content (AvgIpc) is 2.61. The van der Waals surface area contributed by atoms with Gasteiger partial charge in [-0.05, 0) is 13.0 Å². The predicted molar refractivity (Wildman–Crippen MR) is 97.4 cm³/mol. The summed E-state index contributed by atoms with van der Waals surface area (Å²) < 4.78 is 11.0. The molecule has 8 heteroatoms. The lowest BCUT2D eigenvalue weighted by Gasteiger charge is -2.33. The van der Waals surface area contributed by atoms with Gasteiger partial charge >= 0.3 is 5.97 Å². The van der Waals surface area contributed by atoms with E-state index in [-0.39, 0.29) is 31.2 Å². The van der Waals surface area contributed by atoms with Gasteiger partial charge in [-0.1, -0.05) is 18.2 Å². The largest absolute Gasteiger partial charge is 0.494 e. The molecule has 1 aromatic carbocycles. The van der Waals surface area contributed by atoms with E-state index in [4.69, 9.17) is 14.6 Å². The van der Waals surface area contributed by atoms with Crippen LogP contribution in [0.1, 0.15) is 38.3 Å². The van der Waals surface area contributed by atoms with Crippen LogP contribution < -0.4 is 10.1 Å². The van der Waals surface area contributed by atoms with E-state index in [0.29, 0.717) is 25.5 Å². The highest BCUT2D eigenvalue weighted by molar-refractivity contribution is 5.79. The highest BCUT2D eigenvalue weighted by atomic mass is 16.5. The fourth-order valence-electron chi connectivity index (χ4n) is 3.11. The summed E-state index contributed by atoms with van der Waals surface area (Å²) in [4.78, 5) is 36.9. The summed E-state index contributed by atoms with van der Waals surface area (Å²) in [5.41, 5.74) is 0.734. The Labute approximate surface area is 158 Å². The molecule has 2 rings (SSSR count). The Bertz CT molecular complexity index is 678. The number of ether oxygens (including phenoxy) is 2. The molecule has 8 nitrogen and oxygen atoms in total. The van der Waals surface area contributed by atoms with Gasteiger partial charge in [-0.25, -0.2) is 0 Å². The number of para-hydroxylation sites is 1. The first-order valence-electron chi connectivity index (χ1n) is 9.00. The molecule has 0 aromatic heterocycles. The van der Waals surface area contributed by atoms with Crippen LogP contribution in [0.5, 0.6) is 5.75 Å². The summed E-state index contributed by atoms with van der Waals surface area (Å²) in [5, 5.41) is 11.7. The summed E-state index contributed by atoms with van der Waals surface area (Å²) in [6.45, 7) is 4.66. The van der Waals surface area contributed by atoms with Gasteiger partial charge in [0, 0.05) is 25.6 Å². The monoisotopic (exact) mass is 378 g/mol. The molecule has 1 fully saturated rings. The van der Waals surface area contributed by atoms with Crippen molar-refractivity contribution in [3.05, 3.63) is 29.8 Å². The molecule has 0 spiro atoms. The van der Waals surface area contributed by atoms with Gasteiger partial charge in [-0.3, -0.25) is 14.4 Å². The van der Waals surface area contributed by atoms with Crippen molar-refractivity contribution in [2.75, 3.05) is 26.3 Å². The number of carboxylic acids is 1. The van der Waals surface area contributed by atoms with Crippen molar-refractivity contribution in [1.82, 2.24) is 10.2 Å². The summed E-state index contributed by atoms with van der Waals surface area (Å²) in [6.07, 6.45) is -0.606. The molecule has 2 N–H and O–H groups in total. The Morgan fingerprint density at radius 1 is 1.37 bits per heavy atom. The normalized spacial score (nSPS) is 17.9. The third kappa shape index (κ3) is 6.25. The van der Waals surface area contributed by atoms with Crippen molar-refractivity contribution in [1.29, 1.82) is 0 Å². The zero-order valence-electron chi connectivity index (χ0n) is 15.6. The highest BCUT2D eigenvalue weighted by Crippen LogP contribution is 2.28. The van der Waals surface area contributed by atoms with E-state index in [1.54, 1.807) is 11.0 Å². The van der Waals surface area contributed by atoms with Crippen LogP contribution in [0.3, 0.4) is 0 Å². The molecule has 1 aliphatic rings. The van der Waals surface area contributed by atoms with E-state index < -0.39 is 18.1 Å². The highest BCUT2D eigenvalue weighted by Gasteiger charge is 2.29. The number of morpholine rings is 1. The maximum absolute atomic E-state index is 12.8. The van der Waals surface area contributed by atoms with Crippen molar-refractivity contribution in [3.8, 4) is 5.75 Å². The van der Waals surface area contributed by atoms with Crippen LogP contribution in [0.25, 0.3) is 0 Å². The zero-order chi connectivity index (χ0) is 19.8. The molecule has 0 saturated carbocycles. The standard InChI is InChI=1S/C19H26N2O6/c1-3-26-17-7-5-4-6-15(17)16(20-13(2)22)11-18(23)21-8-9-27-14(12-21)10-19(24)25/h4-7,14,16H,3,8-12H2,1-2H3,(H,20,22)(H,24,25)/t14-,16-/m0/s1. The third-order valence-corrected chi connectivity index (χ3v) is 4.24. The van der Waals surface area contributed by atoms with Crippen molar-refractivity contribution < 1.29 is 29.0 Å². The van der Waals surface area contributed by atoms with Crippen LogP contribution in [-0.2, 0) is 19.1 Å². The maximum Gasteiger partial charge on any atom is 0.306 e. The molecule has 0 radical (unpaired) electrons. The zero-order valence-corrected chi connectivity index (χ0v) is 15.6. The van der Waals surface area contributed by atoms with E-state index >= 15 is 0 Å². The van der Waals surface area contributed by atoms with Crippen LogP contribution in [0.2, 0.25) is 0 Å². The second-order valence-corrected chi connectivity index (χ2v) is 6.36. The number of carboxylic acid groups (broad SMARTS) is 1. The fraction of sp³-hybridized carbons (Fsp3) is 0.526. The maximum atomic E-state index is 12.8. The number of amides is 2. The molecule has 2 atom stereocenters. The molecular weight excluding hydrogens is 352 g/mol. The first-order valence-corrected chi connectivity index (χ1v) is 9.00. The van der Waals surface area contributed by atoms with E-state index in [0.717, 1.165) is 5.56 Å². The Morgan fingerprint density at radius 3 is 2.78 bits per heavy atom. The number of benzene rings is 1. The first kappa shape index (κ1) is 20.7. The summed E-state index contributed by atoms with van der Waals surface area (Å²) in [6, 6.07) is 6.76. The minimum Gasteiger partial charge on any atom is -0.494 e. The SMILES string of the molecule is CCOc1ccccc1[C@H](CC(=O)N1CCO[C@@H](CC(=O)O)C1)NC(C)=O. The average molecular weight is 378 g/mol. The number of aliphatic carboxylic acids is 1. The Balaban J connectivity index is 2.12. The molecule has 1 aromatic rings. The number of carbonyl (C=O) groups excluding carboxylic acids is 2. The molecule has 27 heavy (non-hydrogen) atoms. The predicted octanol–water partition coefficient (Wildman–Crippen LogP) is 1.35. The van der Waals surface area contributed by atoms with Gasteiger partial charge in [0.05, 0.1) is 38.2 Å². The molecule has 148 valence electrons. The lowest BCUT2D eigenvalue weighted by molar-refractivity contribution is -0.148. The molecule has 1 saturated heterocycles. The van der Waals surface area contributed by atoms with E-state index in [2.05, 4.69) is 5.32 Å². The Morgan fingerprint density at radius 2 is 2.11 bits per heavy atom. The van der Waals surface area contributed by atoms with Crippen LogP contribution in [0.4, 0.5) is 0 Å². The smallest absolute Gasteiger partial charge is 0.306 e. The second kappa shape index (κ2) is 9.91. The van der Waals surface area contributed by atoms with Gasteiger partial charge in [-0.2, -0.15) is 0 Å². The van der Waals surface area contributed by atoms with Gasteiger partial charge in [0.15, 0.2) is 0 Å². The molecule has 2 amide bonds. The van der Waals surface area contributed by atoms with Crippen LogP contribution in [0, 0.1) is 0 Å². The summed E-state index contributed by atoms with van der Waals surface area (Å²) in [7, 11) is 0. The molecule has 1 heterocycles. The molecule has 1 aliphatic heterocycles. The minimum absolute atomic E-state index is 0.0590. The Kier molecular flexibility index (Phi) is 7.60. The van der Waals surface area contributed by atoms with Crippen LogP contribution in [-0.4, -0.2) is 60.2 Å². The van der Waals surface area contributed by atoms with Crippen molar-refractivity contribution in [3.63, 3.8) is 0 Å². The summed E-state index contributed by atoms with van der Waals surface area (Å²) >= 11 is 0. The van der Waals surface area contributed by atoms with Crippen LogP contribution in [0.15, 0.2) is 24.3 Å². The van der Waals surface area contributed by atoms with E-state index in [1.807, 2.05) is 25.1 Å². The van der Waals surface area contributed by atoms with E-state index in [9.17, 15) is 14.4 Å². The van der Waals surface area contributed by atoms with E-state index in [1.165, 1.54) is 6.92 Å². The number of hydrogen-bond donors (Lipinski definition) is 2. The minimum atomic E-state index is -0.962. The Hall–Kier alpha value is -2.61. The van der Waals surface area contributed by atoms with Gasteiger partial charge in [0.25, 0.3) is 0 Å². The number of carbonyl (C=O) groups is 3. The topological polar surface area (TPSA) is 105 Å². The third-order valence-electron chi connectivity index (χ3n) is 4.24. The van der Waals surface area contributed by atoms with Gasteiger partial charge < -0.3 is 24.8 Å². The lowest BCUT2D eigenvalue weighted by Crippen LogP contribution is -2.47. The van der Waals surface area contributed by atoms with Gasteiger partial charge in [0.1, 0.15) is 5.75 Å². The molecule has 0 aliphatic carbocycles. The number of nitrogens with one attached hydrogen (secondary N) is 1.